The van der Waals surface area contributed by atoms with E-state index in [1.807, 2.05) is 24.3 Å². The molecule has 2 fully saturated rings. The van der Waals surface area contributed by atoms with Crippen LogP contribution in [-0.2, 0) is 32.6 Å². The molecule has 7 nitrogen and oxygen atoms in total. The van der Waals surface area contributed by atoms with E-state index in [1.54, 1.807) is 34.9 Å². The van der Waals surface area contributed by atoms with Gasteiger partial charge in [-0.15, -0.1) is 0 Å². The molecule has 6 rings (SSSR count). The van der Waals surface area contributed by atoms with E-state index in [-0.39, 0.29) is 0 Å². The first-order valence-corrected chi connectivity index (χ1v) is 19.1. The Morgan fingerprint density at radius 3 is 1.43 bits per heavy atom. The van der Waals surface area contributed by atoms with Gasteiger partial charge < -0.3 is 14.6 Å². The van der Waals surface area contributed by atoms with Crippen molar-refractivity contribution >= 4 is 32.9 Å². The van der Waals surface area contributed by atoms with Gasteiger partial charge >= 0.3 is 0 Å². The Balaban J connectivity index is 1.13. The molecule has 4 aromatic rings. The van der Waals surface area contributed by atoms with Crippen molar-refractivity contribution < 1.29 is 14.6 Å². The summed E-state index contributed by atoms with van der Waals surface area (Å²) in [7, 11) is 6.88. The molecule has 0 saturated carbocycles. The quantitative estimate of drug-likeness (QED) is 0.125. The van der Waals surface area contributed by atoms with E-state index in [4.69, 9.17) is 21.7 Å². The normalized spacial score (nSPS) is 16.8. The molecule has 0 aliphatic carbocycles. The number of phenols is 1. The minimum absolute atomic E-state index is 0.451. The van der Waals surface area contributed by atoms with Crippen LogP contribution in [0.4, 0.5) is 0 Å². The second-order valence-electron chi connectivity index (χ2n) is 12.6. The molecule has 0 spiro atoms. The molecule has 2 aliphatic heterocycles. The van der Waals surface area contributed by atoms with E-state index >= 15 is 0 Å². The number of aromatic hydroxyl groups is 1. The van der Waals surface area contributed by atoms with Crippen LogP contribution in [0.1, 0.15) is 34.7 Å². The number of nitrogens with zero attached hydrogens (tertiary/aromatic N) is 4. The van der Waals surface area contributed by atoms with Gasteiger partial charge in [-0.05, 0) is 65.1 Å². The Labute approximate surface area is 292 Å². The second-order valence-corrected chi connectivity index (χ2v) is 15.4. The van der Waals surface area contributed by atoms with Crippen molar-refractivity contribution in [2.24, 2.45) is 0 Å². The van der Waals surface area contributed by atoms with E-state index in [1.165, 1.54) is 27.1 Å². The van der Waals surface area contributed by atoms with Gasteiger partial charge in [-0.1, -0.05) is 64.1 Å². The molecular formula is C37H46N4O3S3. The van der Waals surface area contributed by atoms with Crippen molar-refractivity contribution in [2.45, 2.75) is 39.5 Å². The van der Waals surface area contributed by atoms with Crippen LogP contribution in [0.25, 0.3) is 10.4 Å². The molecule has 1 aromatic heterocycles. The lowest BCUT2D eigenvalue weighted by Crippen LogP contribution is -2.45. The minimum atomic E-state index is 0.451. The van der Waals surface area contributed by atoms with Gasteiger partial charge in [0.05, 0.1) is 19.1 Å². The van der Waals surface area contributed by atoms with Gasteiger partial charge in [0.2, 0.25) is 0 Å². The number of ether oxygens (including phenoxy) is 2. The summed E-state index contributed by atoms with van der Waals surface area (Å²) in [6.07, 6.45) is 0.923. The molecule has 0 unspecified atom stereocenters. The Bertz CT molecular complexity index is 1560. The fourth-order valence-corrected chi connectivity index (χ4v) is 9.72. The average molecular weight is 691 g/mol. The Morgan fingerprint density at radius 1 is 0.638 bits per heavy atom. The fourth-order valence-electron chi connectivity index (χ4n) is 6.60. The van der Waals surface area contributed by atoms with Crippen LogP contribution in [0.2, 0.25) is 0 Å². The van der Waals surface area contributed by atoms with E-state index in [2.05, 4.69) is 62.9 Å². The van der Waals surface area contributed by atoms with E-state index in [0.717, 1.165) is 111 Å². The van der Waals surface area contributed by atoms with Crippen LogP contribution in [-0.4, -0.2) is 91.3 Å². The summed E-state index contributed by atoms with van der Waals surface area (Å²) < 4.78 is 11.6. The lowest BCUT2D eigenvalue weighted by Gasteiger charge is -2.36. The molecule has 0 amide bonds. The first-order valence-electron chi connectivity index (χ1n) is 16.5. The van der Waals surface area contributed by atoms with Crippen molar-refractivity contribution in [3.63, 3.8) is 0 Å². The van der Waals surface area contributed by atoms with Crippen molar-refractivity contribution in [3.8, 4) is 27.7 Å². The largest absolute Gasteiger partial charge is 0.507 e. The summed E-state index contributed by atoms with van der Waals surface area (Å²) in [4.78, 5) is 11.3. The predicted molar refractivity (Wildman–Crippen MR) is 197 cm³/mol. The fraction of sp³-hybridized carbons (Fsp3) is 0.432. The summed E-state index contributed by atoms with van der Waals surface area (Å²) in [5.41, 5.74) is 7.10. The molecule has 0 radical (unpaired) electrons. The summed E-state index contributed by atoms with van der Waals surface area (Å²) >= 11 is 5.71. The lowest BCUT2D eigenvalue weighted by atomic mass is 9.99. The Kier molecular flexibility index (Phi) is 11.6. The number of piperazine rings is 2. The molecular weight excluding hydrogens is 645 g/mol. The first kappa shape index (κ1) is 34.0. The van der Waals surface area contributed by atoms with Gasteiger partial charge in [0.25, 0.3) is 0 Å². The van der Waals surface area contributed by atoms with Crippen molar-refractivity contribution in [3.05, 3.63) is 92.3 Å². The van der Waals surface area contributed by atoms with Crippen molar-refractivity contribution in [1.29, 1.82) is 0 Å². The van der Waals surface area contributed by atoms with Gasteiger partial charge in [-0.3, -0.25) is 19.6 Å². The van der Waals surface area contributed by atoms with Gasteiger partial charge in [0.1, 0.15) is 21.1 Å². The monoisotopic (exact) mass is 690 g/mol. The number of hydrogen-bond acceptors (Lipinski definition) is 10. The SMILES string of the molecule is CCc1c(-c2cc(CN3CCN(Cc4ccc(OC)cc4)CC3)c(O)c(CN3CCN(Cc4ccc(OC)cc4)CC3)c2)ssc1=S. The van der Waals surface area contributed by atoms with E-state index < -0.39 is 0 Å². The molecule has 3 heterocycles. The highest BCUT2D eigenvalue weighted by Crippen LogP contribution is 2.39. The maximum atomic E-state index is 11.7. The summed E-state index contributed by atoms with van der Waals surface area (Å²) in [6, 6.07) is 21.2. The maximum absolute atomic E-state index is 11.7. The number of methoxy groups -OCH3 is 2. The summed E-state index contributed by atoms with van der Waals surface area (Å²) in [6.45, 7) is 13.5. The molecule has 3 aromatic carbocycles. The Hall–Kier alpha value is -2.83. The van der Waals surface area contributed by atoms with Crippen LogP contribution < -0.4 is 9.47 Å². The molecule has 2 saturated heterocycles. The van der Waals surface area contributed by atoms with Gasteiger partial charge in [-0.25, -0.2) is 0 Å². The van der Waals surface area contributed by atoms with Crippen LogP contribution >= 0.6 is 32.9 Å². The van der Waals surface area contributed by atoms with Crippen molar-refractivity contribution in [1.82, 2.24) is 19.6 Å². The topological polar surface area (TPSA) is 51.7 Å². The lowest BCUT2D eigenvalue weighted by molar-refractivity contribution is 0.119. The number of rotatable bonds is 12. The number of phenolic OH excluding ortho intramolecular Hbond substituents is 1. The number of hydrogen-bond donors (Lipinski definition) is 1. The van der Waals surface area contributed by atoms with Crippen LogP contribution in [0, 0.1) is 3.82 Å². The zero-order valence-corrected chi connectivity index (χ0v) is 30.2. The highest BCUT2D eigenvalue weighted by atomic mass is 32.9. The average Bonchev–Trinajstić information content (AvgIpc) is 3.49. The second kappa shape index (κ2) is 16.0. The standard InChI is InChI=1S/C37H46N4O3S3/c1-4-34-36(46-47-37(34)45)29-21-30(25-40-17-13-38(14-18-40)23-27-5-9-32(43-2)10-6-27)35(42)31(22-29)26-41-19-15-39(16-20-41)24-28-7-11-33(44-3)12-8-28/h5-12,21-22,42H,4,13-20,23-26H2,1-3H3. The van der Waals surface area contributed by atoms with Gasteiger partial charge in [0.15, 0.2) is 0 Å². The molecule has 47 heavy (non-hydrogen) atoms. The molecule has 250 valence electrons. The smallest absolute Gasteiger partial charge is 0.124 e. The maximum Gasteiger partial charge on any atom is 0.124 e. The minimum Gasteiger partial charge on any atom is -0.507 e. The summed E-state index contributed by atoms with van der Waals surface area (Å²) in [5.74, 6) is 2.24. The van der Waals surface area contributed by atoms with Crippen LogP contribution in [0.5, 0.6) is 17.2 Å². The third-order valence-electron chi connectivity index (χ3n) is 9.45. The molecule has 2 aliphatic rings. The zero-order chi connectivity index (χ0) is 32.8. The molecule has 1 N–H and O–H groups in total. The highest BCUT2D eigenvalue weighted by Gasteiger charge is 2.23. The van der Waals surface area contributed by atoms with Crippen LogP contribution in [0.15, 0.2) is 60.7 Å². The van der Waals surface area contributed by atoms with E-state index in [0.29, 0.717) is 5.75 Å². The zero-order valence-electron chi connectivity index (χ0n) is 27.7. The molecule has 10 heteroatoms. The highest BCUT2D eigenvalue weighted by molar-refractivity contribution is 7.80. The van der Waals surface area contributed by atoms with Gasteiger partial charge in [0, 0.05) is 89.7 Å². The number of benzene rings is 3. The van der Waals surface area contributed by atoms with Crippen molar-refractivity contribution in [2.75, 3.05) is 66.6 Å². The summed E-state index contributed by atoms with van der Waals surface area (Å²) in [5, 5.41) is 11.7. The first-order chi connectivity index (χ1) is 22.9. The Morgan fingerprint density at radius 2 is 1.04 bits per heavy atom. The van der Waals surface area contributed by atoms with Gasteiger partial charge in [-0.2, -0.15) is 0 Å². The molecule has 0 bridgehead atoms. The third kappa shape index (κ3) is 8.61. The van der Waals surface area contributed by atoms with Crippen LogP contribution in [0.3, 0.4) is 0 Å². The third-order valence-corrected chi connectivity index (χ3v) is 12.6. The molecule has 0 atom stereocenters. The van der Waals surface area contributed by atoms with E-state index in [9.17, 15) is 5.11 Å². The predicted octanol–water partition coefficient (Wildman–Crippen LogP) is 7.13.